The molecule has 3 heterocycles. The highest BCUT2D eigenvalue weighted by atomic mass is 16.2. The number of aromatic nitrogens is 2. The summed E-state index contributed by atoms with van der Waals surface area (Å²) < 4.78 is 1.95. The molecule has 6 heteroatoms. The van der Waals surface area contributed by atoms with Crippen molar-refractivity contribution in [2.45, 2.75) is 44.7 Å². The number of hydrogen-bond donors (Lipinski definition) is 0. The molecule has 2 aliphatic heterocycles. The van der Waals surface area contributed by atoms with Crippen molar-refractivity contribution in [3.63, 3.8) is 0 Å². The van der Waals surface area contributed by atoms with Gasteiger partial charge in [0, 0.05) is 44.4 Å². The normalized spacial score (nSPS) is 19.6. The van der Waals surface area contributed by atoms with Crippen LogP contribution in [0.5, 0.6) is 0 Å². The van der Waals surface area contributed by atoms with Crippen LogP contribution in [0.4, 0.5) is 0 Å². The van der Waals surface area contributed by atoms with E-state index in [1.165, 1.54) is 0 Å². The van der Waals surface area contributed by atoms with Crippen LogP contribution in [0.25, 0.3) is 11.3 Å². The number of nitrogens with zero attached hydrogens (tertiary/aromatic N) is 4. The van der Waals surface area contributed by atoms with E-state index in [2.05, 4.69) is 4.98 Å². The lowest BCUT2D eigenvalue weighted by Crippen LogP contribution is -2.47. The monoisotopic (exact) mass is 366 g/mol. The van der Waals surface area contributed by atoms with Gasteiger partial charge in [-0.1, -0.05) is 30.3 Å². The molecular formula is C21H26N4O2. The first-order chi connectivity index (χ1) is 13.2. The van der Waals surface area contributed by atoms with Crippen molar-refractivity contribution >= 4 is 11.8 Å². The highest BCUT2D eigenvalue weighted by molar-refractivity contribution is 5.88. The quantitative estimate of drug-likeness (QED) is 0.817. The fraction of sp³-hybridized carbons (Fsp3) is 0.476. The molecule has 1 aromatic carbocycles. The molecule has 0 bridgehead atoms. The average molecular weight is 366 g/mol. The molecule has 27 heavy (non-hydrogen) atoms. The second kappa shape index (κ2) is 7.94. The number of hydrogen-bond acceptors (Lipinski definition) is 3. The van der Waals surface area contributed by atoms with Gasteiger partial charge in [-0.2, -0.15) is 0 Å². The molecule has 2 saturated heterocycles. The summed E-state index contributed by atoms with van der Waals surface area (Å²) >= 11 is 0. The number of carbonyl (C=O) groups excluding carboxylic acids is 2. The van der Waals surface area contributed by atoms with Crippen LogP contribution < -0.4 is 0 Å². The van der Waals surface area contributed by atoms with Crippen LogP contribution in [-0.2, 0) is 16.1 Å². The summed E-state index contributed by atoms with van der Waals surface area (Å²) in [4.78, 5) is 33.6. The van der Waals surface area contributed by atoms with Gasteiger partial charge in [0.1, 0.15) is 6.04 Å². The van der Waals surface area contributed by atoms with E-state index in [4.69, 9.17) is 0 Å². The molecule has 2 aliphatic rings. The van der Waals surface area contributed by atoms with E-state index >= 15 is 0 Å². The lowest BCUT2D eigenvalue weighted by molar-refractivity contribution is -0.143. The number of aryl methyl sites for hydroxylation is 1. The van der Waals surface area contributed by atoms with Crippen molar-refractivity contribution in [3.05, 3.63) is 42.9 Å². The molecule has 2 aromatic rings. The van der Waals surface area contributed by atoms with Gasteiger partial charge in [0.2, 0.25) is 11.8 Å². The Bertz CT molecular complexity index is 796. The van der Waals surface area contributed by atoms with Gasteiger partial charge in [0.05, 0.1) is 12.0 Å². The van der Waals surface area contributed by atoms with E-state index in [0.717, 1.165) is 50.0 Å². The number of imidazole rings is 1. The number of amides is 2. The van der Waals surface area contributed by atoms with Gasteiger partial charge in [0.15, 0.2) is 0 Å². The average Bonchev–Trinajstić information content (AvgIpc) is 3.47. The summed E-state index contributed by atoms with van der Waals surface area (Å²) in [6.45, 7) is 2.96. The van der Waals surface area contributed by atoms with E-state index in [-0.39, 0.29) is 17.9 Å². The third-order valence-electron chi connectivity index (χ3n) is 5.56. The summed E-state index contributed by atoms with van der Waals surface area (Å²) in [6, 6.07) is 9.76. The molecule has 142 valence electrons. The van der Waals surface area contributed by atoms with E-state index < -0.39 is 0 Å². The predicted molar refractivity (Wildman–Crippen MR) is 103 cm³/mol. The molecule has 0 saturated carbocycles. The molecule has 1 aromatic heterocycles. The molecule has 2 fully saturated rings. The molecule has 0 radical (unpaired) electrons. The largest absolute Gasteiger partial charge is 0.341 e. The van der Waals surface area contributed by atoms with Gasteiger partial charge in [-0.15, -0.1) is 0 Å². The standard InChI is InChI=1S/C21H26N4O2/c26-20(25-13-6-9-19(25)21(27)24-11-4-5-12-24)10-14-23-15-18(22-16-23)17-7-2-1-3-8-17/h1-3,7-8,15-16,19H,4-6,9-14H2/t19-/m0/s1. The number of likely N-dealkylation sites (tertiary alicyclic amines) is 2. The Morgan fingerprint density at radius 1 is 1.04 bits per heavy atom. The Hall–Kier alpha value is -2.63. The van der Waals surface area contributed by atoms with Crippen LogP contribution in [0.1, 0.15) is 32.1 Å². The first-order valence-electron chi connectivity index (χ1n) is 9.88. The van der Waals surface area contributed by atoms with Crippen molar-refractivity contribution < 1.29 is 9.59 Å². The van der Waals surface area contributed by atoms with E-state index in [1.807, 2.05) is 46.0 Å². The van der Waals surface area contributed by atoms with Gasteiger partial charge in [-0.3, -0.25) is 9.59 Å². The molecule has 1 atom stereocenters. The third kappa shape index (κ3) is 3.89. The van der Waals surface area contributed by atoms with E-state index in [1.54, 1.807) is 11.2 Å². The summed E-state index contributed by atoms with van der Waals surface area (Å²) in [7, 11) is 0. The topological polar surface area (TPSA) is 58.4 Å². The van der Waals surface area contributed by atoms with Crippen molar-refractivity contribution in [3.8, 4) is 11.3 Å². The van der Waals surface area contributed by atoms with Crippen LogP contribution in [0.15, 0.2) is 42.9 Å². The Labute approximate surface area is 159 Å². The van der Waals surface area contributed by atoms with Crippen molar-refractivity contribution in [2.24, 2.45) is 0 Å². The second-order valence-corrected chi connectivity index (χ2v) is 7.39. The van der Waals surface area contributed by atoms with Crippen LogP contribution in [0, 0.1) is 0 Å². The highest BCUT2D eigenvalue weighted by Gasteiger charge is 2.36. The van der Waals surface area contributed by atoms with Gasteiger partial charge in [0.25, 0.3) is 0 Å². The minimum Gasteiger partial charge on any atom is -0.341 e. The van der Waals surface area contributed by atoms with Crippen molar-refractivity contribution in [1.82, 2.24) is 19.4 Å². The smallest absolute Gasteiger partial charge is 0.245 e. The van der Waals surface area contributed by atoms with Crippen molar-refractivity contribution in [2.75, 3.05) is 19.6 Å². The Morgan fingerprint density at radius 3 is 2.59 bits per heavy atom. The molecule has 6 nitrogen and oxygen atoms in total. The van der Waals surface area contributed by atoms with Gasteiger partial charge < -0.3 is 14.4 Å². The van der Waals surface area contributed by atoms with Gasteiger partial charge in [-0.05, 0) is 25.7 Å². The predicted octanol–water partition coefficient (Wildman–Crippen LogP) is 2.55. The number of carbonyl (C=O) groups is 2. The summed E-state index contributed by atoms with van der Waals surface area (Å²) in [6.07, 6.45) is 8.01. The molecule has 4 rings (SSSR count). The highest BCUT2D eigenvalue weighted by Crippen LogP contribution is 2.23. The molecule has 0 unspecified atom stereocenters. The summed E-state index contributed by atoms with van der Waals surface area (Å²) in [5, 5.41) is 0. The maximum absolute atomic E-state index is 12.7. The first kappa shape index (κ1) is 17.8. The van der Waals surface area contributed by atoms with Crippen LogP contribution in [0.2, 0.25) is 0 Å². The van der Waals surface area contributed by atoms with Crippen LogP contribution >= 0.6 is 0 Å². The summed E-state index contributed by atoms with van der Waals surface area (Å²) in [5.41, 5.74) is 1.98. The first-order valence-corrected chi connectivity index (χ1v) is 9.88. The number of rotatable bonds is 5. The molecule has 0 aliphatic carbocycles. The SMILES string of the molecule is O=C([C@@H]1CCCN1C(=O)CCn1cnc(-c2ccccc2)c1)N1CCCC1. The van der Waals surface area contributed by atoms with Gasteiger partial charge >= 0.3 is 0 Å². The summed E-state index contributed by atoms with van der Waals surface area (Å²) in [5.74, 6) is 0.215. The fourth-order valence-corrected chi connectivity index (χ4v) is 4.08. The Balaban J connectivity index is 1.35. The van der Waals surface area contributed by atoms with Gasteiger partial charge in [-0.25, -0.2) is 4.98 Å². The maximum Gasteiger partial charge on any atom is 0.245 e. The number of benzene rings is 1. The molecular weight excluding hydrogens is 340 g/mol. The van der Waals surface area contributed by atoms with E-state index in [9.17, 15) is 9.59 Å². The third-order valence-corrected chi connectivity index (χ3v) is 5.56. The fourth-order valence-electron chi connectivity index (χ4n) is 4.08. The maximum atomic E-state index is 12.7. The molecule has 2 amide bonds. The lowest BCUT2D eigenvalue weighted by atomic mass is 10.2. The zero-order valence-corrected chi connectivity index (χ0v) is 15.6. The van der Waals surface area contributed by atoms with Crippen LogP contribution in [0.3, 0.4) is 0 Å². The minimum atomic E-state index is -0.252. The Morgan fingerprint density at radius 2 is 1.81 bits per heavy atom. The Kier molecular flexibility index (Phi) is 5.23. The van der Waals surface area contributed by atoms with Crippen LogP contribution in [-0.4, -0.2) is 56.8 Å². The lowest BCUT2D eigenvalue weighted by Gasteiger charge is -2.27. The molecule has 0 N–H and O–H groups in total. The zero-order valence-electron chi connectivity index (χ0n) is 15.6. The van der Waals surface area contributed by atoms with E-state index in [0.29, 0.717) is 19.5 Å². The minimum absolute atomic E-state index is 0.0695. The molecule has 0 spiro atoms. The second-order valence-electron chi connectivity index (χ2n) is 7.39. The van der Waals surface area contributed by atoms with Crippen molar-refractivity contribution in [1.29, 1.82) is 0 Å². The zero-order chi connectivity index (χ0) is 18.6.